The Bertz CT molecular complexity index is 2090. The van der Waals surface area contributed by atoms with Gasteiger partial charge in [-0.1, -0.05) is 60.7 Å². The molecule has 4 heterocycles. The highest BCUT2D eigenvalue weighted by Gasteiger charge is 2.19. The van der Waals surface area contributed by atoms with E-state index in [0.717, 1.165) is 72.3 Å². The van der Waals surface area contributed by atoms with Crippen LogP contribution in [0.5, 0.6) is 0 Å². The maximum absolute atomic E-state index is 6.58. The van der Waals surface area contributed by atoms with Crippen molar-refractivity contribution in [2.75, 3.05) is 0 Å². The molecule has 0 aliphatic heterocycles. The zero-order chi connectivity index (χ0) is 26.5. The number of rotatable bonds is 4. The van der Waals surface area contributed by atoms with Gasteiger partial charge in [0.1, 0.15) is 11.3 Å². The quantitative estimate of drug-likeness (QED) is 0.235. The summed E-state index contributed by atoms with van der Waals surface area (Å²) in [6.07, 6.45) is 3.67. The van der Waals surface area contributed by atoms with Crippen LogP contribution in [0.15, 0.2) is 144 Å². The van der Waals surface area contributed by atoms with Crippen LogP contribution in [0.3, 0.4) is 0 Å². The van der Waals surface area contributed by atoms with E-state index in [-0.39, 0.29) is 0 Å². The summed E-state index contributed by atoms with van der Waals surface area (Å²) in [7, 11) is 0. The van der Waals surface area contributed by atoms with Gasteiger partial charge in [0.25, 0.3) is 0 Å². The number of hydrogen-bond donors (Lipinski definition) is 0. The van der Waals surface area contributed by atoms with Crippen molar-refractivity contribution in [2.45, 2.75) is 0 Å². The first-order valence-corrected chi connectivity index (χ1v) is 13.3. The van der Waals surface area contributed by atoms with Crippen molar-refractivity contribution >= 4 is 32.8 Å². The third-order valence-corrected chi connectivity index (χ3v) is 7.48. The van der Waals surface area contributed by atoms with Crippen LogP contribution in [-0.4, -0.2) is 14.5 Å². The molecule has 0 saturated heterocycles. The second-order valence-electron chi connectivity index (χ2n) is 9.91. The van der Waals surface area contributed by atoms with E-state index in [1.165, 1.54) is 0 Å². The number of fused-ring (bicyclic) bond motifs is 5. The van der Waals surface area contributed by atoms with E-state index in [1.54, 1.807) is 0 Å². The lowest BCUT2D eigenvalue weighted by atomic mass is 10.0. The largest absolute Gasteiger partial charge is 0.455 e. The van der Waals surface area contributed by atoms with Gasteiger partial charge < -0.3 is 8.98 Å². The summed E-state index contributed by atoms with van der Waals surface area (Å²) >= 11 is 0. The summed E-state index contributed by atoms with van der Waals surface area (Å²) in [6, 6.07) is 43.9. The van der Waals surface area contributed by atoms with Crippen LogP contribution in [0.1, 0.15) is 0 Å². The van der Waals surface area contributed by atoms with Gasteiger partial charge in [-0.3, -0.25) is 9.97 Å². The van der Waals surface area contributed by atoms with Gasteiger partial charge in [-0.25, -0.2) is 0 Å². The van der Waals surface area contributed by atoms with Crippen molar-refractivity contribution in [3.63, 3.8) is 0 Å². The summed E-state index contributed by atoms with van der Waals surface area (Å²) in [5, 5.41) is 3.35. The average Bonchev–Trinajstić information content (AvgIpc) is 3.62. The lowest BCUT2D eigenvalue weighted by molar-refractivity contribution is 0.635. The predicted octanol–water partition coefficient (Wildman–Crippen LogP) is 9.32. The molecule has 0 aliphatic rings. The lowest BCUT2D eigenvalue weighted by Crippen LogP contribution is -1.97. The van der Waals surface area contributed by atoms with Crippen LogP contribution in [0.25, 0.3) is 72.3 Å². The highest BCUT2D eigenvalue weighted by atomic mass is 16.3. The van der Waals surface area contributed by atoms with E-state index in [9.17, 15) is 0 Å². The smallest absolute Gasteiger partial charge is 0.144 e. The molecule has 4 aromatic heterocycles. The van der Waals surface area contributed by atoms with Crippen LogP contribution >= 0.6 is 0 Å². The number of furan rings is 1. The summed E-state index contributed by atoms with van der Waals surface area (Å²) in [5.41, 5.74) is 9.14. The Labute approximate surface area is 230 Å². The van der Waals surface area contributed by atoms with Gasteiger partial charge in [-0.15, -0.1) is 0 Å². The summed E-state index contributed by atoms with van der Waals surface area (Å²) < 4.78 is 8.90. The second kappa shape index (κ2) is 9.07. The van der Waals surface area contributed by atoms with E-state index in [1.807, 2.05) is 67.0 Å². The Morgan fingerprint density at radius 1 is 0.525 bits per heavy atom. The molecule has 0 fully saturated rings. The van der Waals surface area contributed by atoms with Crippen LogP contribution < -0.4 is 0 Å². The average molecular weight is 514 g/mol. The molecule has 188 valence electrons. The van der Waals surface area contributed by atoms with Gasteiger partial charge in [-0.2, -0.15) is 0 Å². The molecular formula is C36H23N3O. The number of para-hydroxylation sites is 1. The first-order valence-electron chi connectivity index (χ1n) is 13.3. The Morgan fingerprint density at radius 2 is 1.20 bits per heavy atom. The minimum absolute atomic E-state index is 0.870. The van der Waals surface area contributed by atoms with Crippen molar-refractivity contribution < 1.29 is 4.42 Å². The molecule has 40 heavy (non-hydrogen) atoms. The summed E-state index contributed by atoms with van der Waals surface area (Å²) in [4.78, 5) is 9.32. The van der Waals surface area contributed by atoms with E-state index in [2.05, 4.69) is 87.3 Å². The number of nitrogens with zero attached hydrogens (tertiary/aromatic N) is 3. The molecule has 4 nitrogen and oxygen atoms in total. The molecule has 0 unspecified atom stereocenters. The van der Waals surface area contributed by atoms with Crippen LogP contribution in [0, 0.1) is 0 Å². The molecule has 0 radical (unpaired) electrons. The van der Waals surface area contributed by atoms with Crippen molar-refractivity contribution in [1.82, 2.24) is 14.5 Å². The van der Waals surface area contributed by atoms with E-state index >= 15 is 0 Å². The molecule has 0 saturated carbocycles. The van der Waals surface area contributed by atoms with Gasteiger partial charge in [0, 0.05) is 45.5 Å². The molecule has 4 aromatic carbocycles. The molecule has 0 spiro atoms. The van der Waals surface area contributed by atoms with Crippen LogP contribution in [0.4, 0.5) is 0 Å². The zero-order valence-electron chi connectivity index (χ0n) is 21.5. The molecular weight excluding hydrogens is 490 g/mol. The van der Waals surface area contributed by atoms with Gasteiger partial charge in [0.2, 0.25) is 0 Å². The van der Waals surface area contributed by atoms with E-state index in [4.69, 9.17) is 4.42 Å². The van der Waals surface area contributed by atoms with Crippen LogP contribution in [-0.2, 0) is 0 Å². The second-order valence-corrected chi connectivity index (χ2v) is 9.91. The van der Waals surface area contributed by atoms with Gasteiger partial charge in [0.05, 0.1) is 27.8 Å². The minimum Gasteiger partial charge on any atom is -0.455 e. The normalized spacial score (nSPS) is 11.5. The first kappa shape index (κ1) is 22.5. The Kier molecular flexibility index (Phi) is 5.10. The summed E-state index contributed by atoms with van der Waals surface area (Å²) in [5.74, 6) is 0.870. The molecule has 0 aliphatic carbocycles. The fourth-order valence-corrected chi connectivity index (χ4v) is 5.68. The molecule has 0 atom stereocenters. The fourth-order valence-electron chi connectivity index (χ4n) is 5.68. The maximum atomic E-state index is 6.58. The van der Waals surface area contributed by atoms with Crippen LogP contribution in [0.2, 0.25) is 0 Å². The molecule has 8 aromatic rings. The standard InChI is InChI=1S/C36H23N3O/c1-2-10-24(11-3-1)34-23-25-16-17-33-35(36(25)40-34)29-12-4-5-15-32(29)39(33)28-21-26(30-13-6-8-18-37-30)20-27(22-28)31-14-7-9-19-38-31/h1-23H. The van der Waals surface area contributed by atoms with Gasteiger partial charge >= 0.3 is 0 Å². The Morgan fingerprint density at radius 3 is 1.90 bits per heavy atom. The molecule has 0 N–H and O–H groups in total. The SMILES string of the molecule is c1ccc(-c2cc3ccc4c(c5ccccc5n4-c4cc(-c5ccccn5)cc(-c5ccccn5)c4)c3o2)cc1. The third kappa shape index (κ3) is 3.62. The Balaban J connectivity index is 1.43. The molecule has 0 amide bonds. The fraction of sp³-hybridized carbons (Fsp3) is 0. The molecule has 8 rings (SSSR count). The van der Waals surface area contributed by atoms with E-state index in [0.29, 0.717) is 0 Å². The van der Waals surface area contributed by atoms with Crippen molar-refractivity contribution in [3.05, 3.63) is 140 Å². The highest BCUT2D eigenvalue weighted by molar-refractivity contribution is 6.20. The highest BCUT2D eigenvalue weighted by Crippen LogP contribution is 2.40. The number of pyridine rings is 2. The lowest BCUT2D eigenvalue weighted by Gasteiger charge is -2.13. The minimum atomic E-state index is 0.870. The van der Waals surface area contributed by atoms with Crippen molar-refractivity contribution in [3.8, 4) is 39.5 Å². The maximum Gasteiger partial charge on any atom is 0.144 e. The van der Waals surface area contributed by atoms with Gasteiger partial charge in [0.15, 0.2) is 0 Å². The van der Waals surface area contributed by atoms with E-state index < -0.39 is 0 Å². The number of benzene rings is 4. The molecule has 4 heteroatoms. The Hall–Kier alpha value is -5.48. The third-order valence-electron chi connectivity index (χ3n) is 7.48. The molecule has 0 bridgehead atoms. The number of hydrogen-bond acceptors (Lipinski definition) is 3. The summed E-state index contributed by atoms with van der Waals surface area (Å²) in [6.45, 7) is 0. The first-order chi connectivity index (χ1) is 19.8. The van der Waals surface area contributed by atoms with Crippen molar-refractivity contribution in [1.29, 1.82) is 0 Å². The topological polar surface area (TPSA) is 43.9 Å². The number of aromatic nitrogens is 3. The monoisotopic (exact) mass is 513 g/mol. The zero-order valence-corrected chi connectivity index (χ0v) is 21.5. The predicted molar refractivity (Wildman–Crippen MR) is 162 cm³/mol. The van der Waals surface area contributed by atoms with Gasteiger partial charge in [-0.05, 0) is 66.7 Å². The van der Waals surface area contributed by atoms with Crippen molar-refractivity contribution in [2.24, 2.45) is 0 Å².